The molecule has 0 saturated heterocycles. The van der Waals surface area contributed by atoms with E-state index in [9.17, 15) is 13.2 Å². The molecule has 0 aliphatic rings. The number of nitrogens with zero attached hydrogens (tertiary/aromatic N) is 1. The minimum atomic E-state index is -4.00. The summed E-state index contributed by atoms with van der Waals surface area (Å²) in [6, 6.07) is 11.8. The van der Waals surface area contributed by atoms with Crippen LogP contribution in [0.1, 0.15) is 32.3 Å². The number of carbonyl (C=O) groups excluding carboxylic acids is 1. The van der Waals surface area contributed by atoms with Gasteiger partial charge in [0.1, 0.15) is 6.04 Å². The quantitative estimate of drug-likeness (QED) is 0.654. The van der Waals surface area contributed by atoms with Gasteiger partial charge in [-0.2, -0.15) is 0 Å². The largest absolute Gasteiger partial charge is 0.279 e. The van der Waals surface area contributed by atoms with Crippen molar-refractivity contribution in [2.24, 2.45) is 0 Å². The molecule has 1 atom stereocenters. The van der Waals surface area contributed by atoms with Crippen molar-refractivity contribution < 1.29 is 13.2 Å². The van der Waals surface area contributed by atoms with E-state index in [2.05, 4.69) is 0 Å². The number of para-hydroxylation sites is 1. The van der Waals surface area contributed by atoms with Crippen LogP contribution in [0.5, 0.6) is 0 Å². The molecule has 4 nitrogen and oxygen atoms in total. The third kappa shape index (κ3) is 4.17. The van der Waals surface area contributed by atoms with Crippen molar-refractivity contribution in [2.75, 3.05) is 4.31 Å². The fraction of sp³-hybridized carbons (Fsp3) is 0.278. The van der Waals surface area contributed by atoms with Gasteiger partial charge in [-0.3, -0.25) is 9.10 Å². The van der Waals surface area contributed by atoms with E-state index >= 15 is 0 Å². The molecule has 0 radical (unpaired) electrons. The second kappa shape index (κ2) is 7.77. The van der Waals surface area contributed by atoms with E-state index < -0.39 is 21.3 Å². The van der Waals surface area contributed by atoms with E-state index in [4.69, 9.17) is 23.2 Å². The van der Waals surface area contributed by atoms with Crippen molar-refractivity contribution in [3.63, 3.8) is 0 Å². The van der Waals surface area contributed by atoms with Gasteiger partial charge in [0.25, 0.3) is 10.0 Å². The number of hydrogen-bond acceptors (Lipinski definition) is 3. The van der Waals surface area contributed by atoms with E-state index in [1.54, 1.807) is 12.1 Å². The molecule has 0 N–H and O–H groups in total. The summed E-state index contributed by atoms with van der Waals surface area (Å²) in [5, 5.41) is -0.328. The molecule has 7 heteroatoms. The van der Waals surface area contributed by atoms with E-state index in [0.29, 0.717) is 10.7 Å². The van der Waals surface area contributed by atoms with Gasteiger partial charge in [-0.25, -0.2) is 8.42 Å². The lowest BCUT2D eigenvalue weighted by molar-refractivity contribution is -0.112. The fourth-order valence-electron chi connectivity index (χ4n) is 2.54. The zero-order valence-electron chi connectivity index (χ0n) is 14.1. The third-order valence-electron chi connectivity index (χ3n) is 3.85. The fourth-order valence-corrected chi connectivity index (χ4v) is 4.46. The molecule has 0 aromatic heterocycles. The first-order valence-electron chi connectivity index (χ1n) is 7.74. The van der Waals surface area contributed by atoms with E-state index in [-0.39, 0.29) is 10.8 Å². The lowest BCUT2D eigenvalue weighted by Gasteiger charge is -2.31. The Balaban J connectivity index is 2.70. The Kier molecular flexibility index (Phi) is 6.14. The van der Waals surface area contributed by atoms with Gasteiger partial charge in [-0.15, -0.1) is 0 Å². The first-order valence-corrected chi connectivity index (χ1v) is 9.94. The van der Waals surface area contributed by atoms with Crippen molar-refractivity contribution in [2.45, 2.75) is 37.6 Å². The number of anilines is 1. The summed E-state index contributed by atoms with van der Waals surface area (Å²) in [6.07, 6.45) is 0. The normalized spacial score (nSPS) is 12.9. The van der Waals surface area contributed by atoms with E-state index in [0.717, 1.165) is 9.87 Å². The Hall–Kier alpha value is -1.56. The van der Waals surface area contributed by atoms with E-state index in [1.165, 1.54) is 31.2 Å². The van der Waals surface area contributed by atoms with Gasteiger partial charge in [0.05, 0.1) is 10.6 Å². The molecule has 134 valence electrons. The van der Waals surface area contributed by atoms with Crippen LogP contribution in [-0.2, 0) is 14.8 Å². The van der Waals surface area contributed by atoms with Gasteiger partial charge in [0.15, 0.2) is 0 Å². The van der Waals surface area contributed by atoms with Gasteiger partial charge in [0.2, 0.25) is 5.24 Å². The summed E-state index contributed by atoms with van der Waals surface area (Å²) in [6.45, 7) is 5.39. The molecule has 1 unspecified atom stereocenters. The van der Waals surface area contributed by atoms with Gasteiger partial charge in [-0.1, -0.05) is 43.6 Å². The number of carbonyl (C=O) groups is 1. The molecule has 0 amide bonds. The monoisotopic (exact) mass is 399 g/mol. The number of hydrogen-bond donors (Lipinski definition) is 0. The molecule has 25 heavy (non-hydrogen) atoms. The summed E-state index contributed by atoms with van der Waals surface area (Å²) in [7, 11) is -4.00. The van der Waals surface area contributed by atoms with Crippen LogP contribution in [0.2, 0.25) is 5.02 Å². The van der Waals surface area contributed by atoms with Crippen molar-refractivity contribution in [1.82, 2.24) is 0 Å². The predicted octanol–water partition coefficient (Wildman–Crippen LogP) is 4.81. The highest BCUT2D eigenvalue weighted by molar-refractivity contribution is 7.93. The van der Waals surface area contributed by atoms with Crippen LogP contribution < -0.4 is 4.31 Å². The maximum atomic E-state index is 13.2. The first-order chi connectivity index (χ1) is 11.7. The SMILES string of the molecule is CC(C)c1ccccc1N(C(C)C(=O)Cl)S(=O)(=O)c1ccc(Cl)cc1. The maximum Gasteiger partial charge on any atom is 0.265 e. The van der Waals surface area contributed by atoms with Gasteiger partial charge in [-0.05, 0) is 60.3 Å². The van der Waals surface area contributed by atoms with Crippen LogP contribution in [-0.4, -0.2) is 19.7 Å². The third-order valence-corrected chi connectivity index (χ3v) is 6.31. The molecule has 0 fully saturated rings. The highest BCUT2D eigenvalue weighted by Gasteiger charge is 2.34. The molecule has 0 bridgehead atoms. The van der Waals surface area contributed by atoms with Crippen LogP contribution in [0.25, 0.3) is 0 Å². The molecule has 0 aliphatic carbocycles. The number of benzene rings is 2. The van der Waals surface area contributed by atoms with Crippen molar-refractivity contribution in [3.05, 3.63) is 59.1 Å². The topological polar surface area (TPSA) is 54.5 Å². The number of halogens is 2. The van der Waals surface area contributed by atoms with Crippen LogP contribution in [0.15, 0.2) is 53.4 Å². The molecule has 2 aromatic carbocycles. The highest BCUT2D eigenvalue weighted by atomic mass is 35.5. The number of rotatable bonds is 6. The Morgan fingerprint density at radius 2 is 1.56 bits per heavy atom. The molecule has 0 heterocycles. The Labute approximate surface area is 158 Å². The Bertz CT molecular complexity index is 864. The minimum Gasteiger partial charge on any atom is -0.279 e. The summed E-state index contributed by atoms with van der Waals surface area (Å²) in [5.74, 6) is 0.0664. The van der Waals surface area contributed by atoms with E-state index in [1.807, 2.05) is 26.0 Å². The van der Waals surface area contributed by atoms with Crippen molar-refractivity contribution >= 4 is 44.2 Å². The molecule has 2 aromatic rings. The summed E-state index contributed by atoms with van der Waals surface area (Å²) >= 11 is 11.5. The summed E-state index contributed by atoms with van der Waals surface area (Å²) in [4.78, 5) is 11.9. The minimum absolute atomic E-state index is 0.0419. The van der Waals surface area contributed by atoms with Gasteiger partial charge >= 0.3 is 0 Å². The van der Waals surface area contributed by atoms with Gasteiger partial charge in [0, 0.05) is 5.02 Å². The van der Waals surface area contributed by atoms with Crippen LogP contribution in [0.3, 0.4) is 0 Å². The molecule has 0 aliphatic heterocycles. The molecule has 2 rings (SSSR count). The highest BCUT2D eigenvalue weighted by Crippen LogP contribution is 2.33. The summed E-state index contributed by atoms with van der Waals surface area (Å²) < 4.78 is 27.6. The van der Waals surface area contributed by atoms with Crippen LogP contribution >= 0.6 is 23.2 Å². The molecule has 0 spiro atoms. The average molecular weight is 400 g/mol. The zero-order valence-corrected chi connectivity index (χ0v) is 16.4. The molecule has 0 saturated carbocycles. The zero-order chi connectivity index (χ0) is 18.8. The Morgan fingerprint density at radius 1 is 1.00 bits per heavy atom. The molecular formula is C18H19Cl2NO3S. The Morgan fingerprint density at radius 3 is 2.08 bits per heavy atom. The first kappa shape index (κ1) is 19.8. The van der Waals surface area contributed by atoms with Crippen LogP contribution in [0, 0.1) is 0 Å². The number of sulfonamides is 1. The van der Waals surface area contributed by atoms with Gasteiger partial charge < -0.3 is 0 Å². The molecular weight excluding hydrogens is 381 g/mol. The second-order valence-electron chi connectivity index (χ2n) is 5.95. The van der Waals surface area contributed by atoms with Crippen molar-refractivity contribution in [3.8, 4) is 0 Å². The maximum absolute atomic E-state index is 13.2. The second-order valence-corrected chi connectivity index (χ2v) is 8.57. The predicted molar refractivity (Wildman–Crippen MR) is 102 cm³/mol. The van der Waals surface area contributed by atoms with Crippen molar-refractivity contribution in [1.29, 1.82) is 0 Å². The average Bonchev–Trinajstić information content (AvgIpc) is 2.55. The standard InChI is InChI=1S/C18H19Cl2NO3S/c1-12(2)16-6-4-5-7-17(16)21(13(3)18(20)22)25(23,24)15-10-8-14(19)9-11-15/h4-13H,1-3H3. The summed E-state index contributed by atoms with van der Waals surface area (Å²) in [5.41, 5.74) is 1.25. The van der Waals surface area contributed by atoms with Crippen LogP contribution in [0.4, 0.5) is 5.69 Å². The lowest BCUT2D eigenvalue weighted by atomic mass is 10.0. The lowest BCUT2D eigenvalue weighted by Crippen LogP contribution is -2.42. The smallest absolute Gasteiger partial charge is 0.265 e.